The molecule has 2 aromatic carbocycles. The Labute approximate surface area is 174 Å². The van der Waals surface area contributed by atoms with Crippen LogP contribution in [-0.4, -0.2) is 18.0 Å². The molecule has 0 aliphatic heterocycles. The highest BCUT2D eigenvalue weighted by molar-refractivity contribution is 7.97. The van der Waals surface area contributed by atoms with E-state index in [9.17, 15) is 4.79 Å². The molecule has 0 radical (unpaired) electrons. The van der Waals surface area contributed by atoms with Crippen LogP contribution < -0.4 is 9.64 Å². The fourth-order valence-corrected chi connectivity index (χ4v) is 4.66. The summed E-state index contributed by atoms with van der Waals surface area (Å²) in [5.74, 6) is 2.53. The van der Waals surface area contributed by atoms with Crippen LogP contribution in [0, 0.1) is 13.8 Å². The maximum Gasteiger partial charge on any atom is 0.230 e. The van der Waals surface area contributed by atoms with Gasteiger partial charge in [-0.25, -0.2) is 4.98 Å². The molecule has 0 aliphatic carbocycles. The first kappa shape index (κ1) is 20.4. The third-order valence-electron chi connectivity index (χ3n) is 4.45. The van der Waals surface area contributed by atoms with Crippen LogP contribution in [0.15, 0.2) is 47.8 Å². The number of aryl methyl sites for hydroxylation is 2. The number of methoxy groups -OCH3 is 1. The average molecular weight is 413 g/mol. The van der Waals surface area contributed by atoms with Crippen LogP contribution in [0.2, 0.25) is 0 Å². The van der Waals surface area contributed by atoms with Gasteiger partial charge in [-0.2, -0.15) is 11.8 Å². The first-order chi connectivity index (χ1) is 13.5. The summed E-state index contributed by atoms with van der Waals surface area (Å²) in [4.78, 5) is 18.7. The number of hydrogen-bond donors (Lipinski definition) is 0. The zero-order valence-electron chi connectivity index (χ0n) is 16.6. The minimum absolute atomic E-state index is 0.0341. The average Bonchev–Trinajstić information content (AvgIpc) is 3.13. The molecule has 4 nitrogen and oxygen atoms in total. The molecule has 0 saturated heterocycles. The van der Waals surface area contributed by atoms with Crippen molar-refractivity contribution in [3.63, 3.8) is 0 Å². The number of nitrogens with zero attached hydrogens (tertiary/aromatic N) is 2. The van der Waals surface area contributed by atoms with Crippen LogP contribution in [0.1, 0.15) is 29.3 Å². The number of amides is 1. The summed E-state index contributed by atoms with van der Waals surface area (Å²) in [6, 6.07) is 14.2. The van der Waals surface area contributed by atoms with Gasteiger partial charge in [0.2, 0.25) is 5.91 Å². The molecule has 1 aromatic heterocycles. The number of thioether (sulfide) groups is 1. The van der Waals surface area contributed by atoms with Crippen LogP contribution in [0.5, 0.6) is 5.75 Å². The van der Waals surface area contributed by atoms with Gasteiger partial charge >= 0.3 is 0 Å². The van der Waals surface area contributed by atoms with Crippen molar-refractivity contribution in [3.05, 3.63) is 70.2 Å². The van der Waals surface area contributed by atoms with Crippen molar-refractivity contribution in [1.29, 1.82) is 0 Å². The number of carbonyl (C=O) groups excluding carboxylic acids is 1. The molecule has 3 aromatic rings. The van der Waals surface area contributed by atoms with Crippen LogP contribution in [0.3, 0.4) is 0 Å². The highest BCUT2D eigenvalue weighted by Crippen LogP contribution is 2.31. The first-order valence-corrected chi connectivity index (χ1v) is 11.0. The number of ether oxygens (including phenoxy) is 1. The number of thiazole rings is 1. The second-order valence-corrected chi connectivity index (χ2v) is 8.41. The Balaban J connectivity index is 1.68. The Kier molecular flexibility index (Phi) is 6.75. The third kappa shape index (κ3) is 4.94. The molecular weight excluding hydrogens is 388 g/mol. The largest absolute Gasteiger partial charge is 0.497 e. The molecule has 0 unspecified atom stereocenters. The zero-order valence-corrected chi connectivity index (χ0v) is 18.2. The number of anilines is 2. The van der Waals surface area contributed by atoms with E-state index in [1.54, 1.807) is 30.7 Å². The smallest absolute Gasteiger partial charge is 0.230 e. The second kappa shape index (κ2) is 9.26. The molecule has 6 heteroatoms. The molecule has 0 atom stereocenters. The van der Waals surface area contributed by atoms with E-state index < -0.39 is 0 Å². The lowest BCUT2D eigenvalue weighted by Crippen LogP contribution is -2.22. The minimum Gasteiger partial charge on any atom is -0.497 e. The van der Waals surface area contributed by atoms with Crippen LogP contribution >= 0.6 is 23.1 Å². The van der Waals surface area contributed by atoms with Crippen molar-refractivity contribution in [3.8, 4) is 5.75 Å². The SMILES string of the molecule is COc1cccc(CSCc2csc(N(C(C)=O)c3ccc(C)c(C)c3)n2)c1. The van der Waals surface area contributed by atoms with Gasteiger partial charge in [0.05, 0.1) is 18.5 Å². The van der Waals surface area contributed by atoms with Crippen LogP contribution in [0.4, 0.5) is 10.8 Å². The Morgan fingerprint density at radius 3 is 2.68 bits per heavy atom. The Morgan fingerprint density at radius 1 is 1.14 bits per heavy atom. The molecule has 0 aliphatic rings. The van der Waals surface area contributed by atoms with Crippen molar-refractivity contribution >= 4 is 39.8 Å². The lowest BCUT2D eigenvalue weighted by Gasteiger charge is -2.19. The summed E-state index contributed by atoms with van der Waals surface area (Å²) < 4.78 is 5.27. The number of aromatic nitrogens is 1. The second-order valence-electron chi connectivity index (χ2n) is 6.59. The van der Waals surface area contributed by atoms with Crippen LogP contribution in [-0.2, 0) is 16.3 Å². The highest BCUT2D eigenvalue weighted by Gasteiger charge is 2.18. The number of rotatable bonds is 7. The first-order valence-electron chi connectivity index (χ1n) is 9.01. The topological polar surface area (TPSA) is 42.4 Å². The lowest BCUT2D eigenvalue weighted by molar-refractivity contribution is -0.115. The maximum absolute atomic E-state index is 12.3. The monoisotopic (exact) mass is 412 g/mol. The molecule has 0 N–H and O–H groups in total. The molecule has 0 spiro atoms. The van der Waals surface area contributed by atoms with E-state index in [4.69, 9.17) is 9.72 Å². The molecular formula is C22H24N2O2S2. The van der Waals surface area contributed by atoms with Gasteiger partial charge in [0.25, 0.3) is 0 Å². The Hall–Kier alpha value is -2.31. The highest BCUT2D eigenvalue weighted by atomic mass is 32.2. The molecule has 1 amide bonds. The van der Waals surface area contributed by atoms with Gasteiger partial charge in [-0.3, -0.25) is 9.69 Å². The van der Waals surface area contributed by atoms with Crippen LogP contribution in [0.25, 0.3) is 0 Å². The lowest BCUT2D eigenvalue weighted by atomic mass is 10.1. The molecule has 0 fully saturated rings. The fraction of sp³-hybridized carbons (Fsp3) is 0.273. The van der Waals surface area contributed by atoms with Crippen molar-refractivity contribution in [2.75, 3.05) is 12.0 Å². The maximum atomic E-state index is 12.3. The van der Waals surface area contributed by atoms with E-state index in [2.05, 4.69) is 26.0 Å². The Bertz CT molecular complexity index is 969. The van der Waals surface area contributed by atoms with Gasteiger partial charge < -0.3 is 4.74 Å². The molecule has 0 saturated carbocycles. The minimum atomic E-state index is -0.0341. The molecule has 3 rings (SSSR count). The predicted molar refractivity (Wildman–Crippen MR) is 119 cm³/mol. The van der Waals surface area contributed by atoms with Gasteiger partial charge in [-0.05, 0) is 54.8 Å². The summed E-state index contributed by atoms with van der Waals surface area (Å²) in [6.07, 6.45) is 0. The van der Waals surface area contributed by atoms with Gasteiger partial charge in [-0.1, -0.05) is 18.2 Å². The van der Waals surface area contributed by atoms with E-state index in [0.717, 1.165) is 34.2 Å². The number of benzene rings is 2. The van der Waals surface area contributed by atoms with Crippen molar-refractivity contribution in [2.24, 2.45) is 0 Å². The van der Waals surface area contributed by atoms with E-state index >= 15 is 0 Å². The number of carbonyl (C=O) groups is 1. The normalized spacial score (nSPS) is 10.7. The summed E-state index contributed by atoms with van der Waals surface area (Å²) in [7, 11) is 1.68. The molecule has 0 bridgehead atoms. The quantitative estimate of drug-likeness (QED) is 0.485. The van der Waals surface area contributed by atoms with Gasteiger partial charge in [0.15, 0.2) is 5.13 Å². The molecule has 146 valence electrons. The van der Waals surface area contributed by atoms with Crippen molar-refractivity contribution in [2.45, 2.75) is 32.3 Å². The van der Waals surface area contributed by atoms with E-state index in [1.165, 1.54) is 22.5 Å². The van der Waals surface area contributed by atoms with Gasteiger partial charge in [0, 0.05) is 23.8 Å². The summed E-state index contributed by atoms with van der Waals surface area (Å²) >= 11 is 3.30. The summed E-state index contributed by atoms with van der Waals surface area (Å²) in [5.41, 5.74) is 5.44. The van der Waals surface area contributed by atoms with Gasteiger partial charge in [-0.15, -0.1) is 11.3 Å². The molecule has 1 heterocycles. The van der Waals surface area contributed by atoms with Crippen molar-refractivity contribution < 1.29 is 9.53 Å². The predicted octanol–water partition coefficient (Wildman–Crippen LogP) is 5.89. The zero-order chi connectivity index (χ0) is 20.1. The third-order valence-corrected chi connectivity index (χ3v) is 6.36. The number of hydrogen-bond acceptors (Lipinski definition) is 5. The van der Waals surface area contributed by atoms with Crippen molar-refractivity contribution in [1.82, 2.24) is 4.98 Å². The van der Waals surface area contributed by atoms with E-state index in [-0.39, 0.29) is 5.91 Å². The van der Waals surface area contributed by atoms with E-state index in [1.807, 2.05) is 35.7 Å². The molecule has 28 heavy (non-hydrogen) atoms. The Morgan fingerprint density at radius 2 is 1.96 bits per heavy atom. The standard InChI is InChI=1S/C22H24N2O2S2/c1-15-8-9-20(10-16(15)2)24(17(3)25)22-23-19(14-28-22)13-27-12-18-6-5-7-21(11-18)26-4/h5-11,14H,12-13H2,1-4H3. The van der Waals surface area contributed by atoms with E-state index in [0.29, 0.717) is 5.13 Å². The fourth-order valence-electron chi connectivity index (χ4n) is 2.79. The summed E-state index contributed by atoms with van der Waals surface area (Å²) in [6.45, 7) is 5.70. The summed E-state index contributed by atoms with van der Waals surface area (Å²) in [5, 5.41) is 2.75. The van der Waals surface area contributed by atoms with Gasteiger partial charge in [0.1, 0.15) is 5.75 Å².